The fourth-order valence-electron chi connectivity index (χ4n) is 1.42. The van der Waals surface area contributed by atoms with Gasteiger partial charge in [0.1, 0.15) is 5.82 Å². The standard InChI is InChI=1S/C14H20FN3S/c1-3-9-19-10-8-17-14(16-2)18-11-12-4-6-13(15)7-5-12/h3-7H,1,8-11H2,2H3,(H2,16,17,18). The zero-order chi connectivity index (χ0) is 13.9. The lowest BCUT2D eigenvalue weighted by Crippen LogP contribution is -2.37. The third-order valence-electron chi connectivity index (χ3n) is 2.37. The lowest BCUT2D eigenvalue weighted by Gasteiger charge is -2.11. The van der Waals surface area contributed by atoms with Crippen LogP contribution >= 0.6 is 11.8 Å². The van der Waals surface area contributed by atoms with Gasteiger partial charge in [-0.15, -0.1) is 6.58 Å². The monoisotopic (exact) mass is 281 g/mol. The van der Waals surface area contributed by atoms with E-state index in [1.165, 1.54) is 12.1 Å². The van der Waals surface area contributed by atoms with E-state index in [4.69, 9.17) is 0 Å². The van der Waals surface area contributed by atoms with Gasteiger partial charge in [0.2, 0.25) is 0 Å². The van der Waals surface area contributed by atoms with Gasteiger partial charge in [-0.3, -0.25) is 4.99 Å². The Balaban J connectivity index is 2.25. The summed E-state index contributed by atoms with van der Waals surface area (Å²) in [5.41, 5.74) is 1.02. The highest BCUT2D eigenvalue weighted by atomic mass is 32.2. The molecule has 5 heteroatoms. The number of nitrogens with zero attached hydrogens (tertiary/aromatic N) is 1. The summed E-state index contributed by atoms with van der Waals surface area (Å²) in [5, 5.41) is 6.40. The van der Waals surface area contributed by atoms with Gasteiger partial charge >= 0.3 is 0 Å². The van der Waals surface area contributed by atoms with Gasteiger partial charge in [-0.25, -0.2) is 4.39 Å². The Labute approximate surface area is 118 Å². The lowest BCUT2D eigenvalue weighted by atomic mass is 10.2. The fourth-order valence-corrected chi connectivity index (χ4v) is 2.00. The van der Waals surface area contributed by atoms with Crippen molar-refractivity contribution in [2.75, 3.05) is 25.1 Å². The molecule has 0 bridgehead atoms. The third kappa shape index (κ3) is 6.86. The van der Waals surface area contributed by atoms with E-state index in [0.717, 1.165) is 29.6 Å². The average molecular weight is 281 g/mol. The summed E-state index contributed by atoms with van der Waals surface area (Å²) in [4.78, 5) is 4.13. The van der Waals surface area contributed by atoms with Crippen LogP contribution in [0.4, 0.5) is 4.39 Å². The van der Waals surface area contributed by atoms with Crippen molar-refractivity contribution in [2.45, 2.75) is 6.54 Å². The number of hydrogen-bond acceptors (Lipinski definition) is 2. The Morgan fingerprint density at radius 2 is 2.11 bits per heavy atom. The van der Waals surface area contributed by atoms with Crippen LogP contribution < -0.4 is 10.6 Å². The maximum atomic E-state index is 12.8. The van der Waals surface area contributed by atoms with Crippen molar-refractivity contribution in [3.8, 4) is 0 Å². The van der Waals surface area contributed by atoms with E-state index >= 15 is 0 Å². The third-order valence-corrected chi connectivity index (χ3v) is 3.34. The van der Waals surface area contributed by atoms with Gasteiger partial charge < -0.3 is 10.6 Å². The molecule has 1 rings (SSSR count). The summed E-state index contributed by atoms with van der Waals surface area (Å²) in [6.45, 7) is 5.15. The molecule has 19 heavy (non-hydrogen) atoms. The van der Waals surface area contributed by atoms with Gasteiger partial charge in [-0.1, -0.05) is 18.2 Å². The molecule has 0 heterocycles. The van der Waals surface area contributed by atoms with E-state index in [1.54, 1.807) is 19.2 Å². The van der Waals surface area contributed by atoms with Crippen LogP contribution in [0.5, 0.6) is 0 Å². The molecule has 104 valence electrons. The number of thioether (sulfide) groups is 1. The van der Waals surface area contributed by atoms with Gasteiger partial charge in [0.05, 0.1) is 0 Å². The summed E-state index contributed by atoms with van der Waals surface area (Å²) in [5.74, 6) is 2.50. The van der Waals surface area contributed by atoms with Crippen LogP contribution in [0, 0.1) is 5.82 Å². The number of rotatable bonds is 7. The van der Waals surface area contributed by atoms with Gasteiger partial charge in [-0.2, -0.15) is 11.8 Å². The zero-order valence-electron chi connectivity index (χ0n) is 11.2. The Kier molecular flexibility index (Phi) is 7.74. The topological polar surface area (TPSA) is 36.4 Å². The molecular weight excluding hydrogens is 261 g/mol. The highest BCUT2D eigenvalue weighted by Crippen LogP contribution is 2.02. The van der Waals surface area contributed by atoms with E-state index in [0.29, 0.717) is 6.54 Å². The molecule has 0 atom stereocenters. The van der Waals surface area contributed by atoms with Crippen molar-refractivity contribution in [1.82, 2.24) is 10.6 Å². The molecular formula is C14H20FN3S. The minimum atomic E-state index is -0.217. The molecule has 3 nitrogen and oxygen atoms in total. The first kappa shape index (κ1) is 15.6. The van der Waals surface area contributed by atoms with Crippen molar-refractivity contribution in [3.05, 3.63) is 48.3 Å². The van der Waals surface area contributed by atoms with Crippen LogP contribution in [-0.2, 0) is 6.54 Å². The zero-order valence-corrected chi connectivity index (χ0v) is 12.0. The molecule has 0 aromatic heterocycles. The predicted octanol–water partition coefficient (Wildman–Crippen LogP) is 2.41. The van der Waals surface area contributed by atoms with E-state index in [-0.39, 0.29) is 5.82 Å². The molecule has 0 aliphatic rings. The second-order valence-corrected chi connectivity index (χ2v) is 4.99. The van der Waals surface area contributed by atoms with E-state index in [1.807, 2.05) is 17.8 Å². The SMILES string of the molecule is C=CCSCCNC(=NC)NCc1ccc(F)cc1. The number of aliphatic imine (C=N–C) groups is 1. The van der Waals surface area contributed by atoms with Crippen LogP contribution in [0.1, 0.15) is 5.56 Å². The molecule has 0 aliphatic heterocycles. The van der Waals surface area contributed by atoms with E-state index < -0.39 is 0 Å². The minimum absolute atomic E-state index is 0.217. The molecule has 2 N–H and O–H groups in total. The summed E-state index contributed by atoms with van der Waals surface area (Å²) >= 11 is 1.82. The molecule has 0 radical (unpaired) electrons. The van der Waals surface area contributed by atoms with Gasteiger partial charge in [0.25, 0.3) is 0 Å². The van der Waals surface area contributed by atoms with E-state index in [9.17, 15) is 4.39 Å². The predicted molar refractivity (Wildman–Crippen MR) is 82.1 cm³/mol. The highest BCUT2D eigenvalue weighted by molar-refractivity contribution is 7.99. The van der Waals surface area contributed by atoms with Crippen molar-refractivity contribution < 1.29 is 4.39 Å². The largest absolute Gasteiger partial charge is 0.356 e. The molecule has 0 spiro atoms. The Morgan fingerprint density at radius 1 is 1.37 bits per heavy atom. The number of nitrogens with one attached hydrogen (secondary N) is 2. The number of hydrogen-bond donors (Lipinski definition) is 2. The molecule has 0 saturated heterocycles. The van der Waals surface area contributed by atoms with Gasteiger partial charge in [-0.05, 0) is 17.7 Å². The second-order valence-electron chi connectivity index (χ2n) is 3.84. The summed E-state index contributed by atoms with van der Waals surface area (Å²) in [7, 11) is 1.73. The van der Waals surface area contributed by atoms with E-state index in [2.05, 4.69) is 22.2 Å². The number of halogens is 1. The Bertz CT molecular complexity index is 404. The first-order chi connectivity index (χ1) is 9.26. The molecule has 0 saturated carbocycles. The maximum absolute atomic E-state index is 12.8. The minimum Gasteiger partial charge on any atom is -0.356 e. The smallest absolute Gasteiger partial charge is 0.191 e. The van der Waals surface area contributed by atoms with Gasteiger partial charge in [0, 0.05) is 31.6 Å². The second kappa shape index (κ2) is 9.44. The molecule has 0 aliphatic carbocycles. The molecule has 1 aromatic carbocycles. The lowest BCUT2D eigenvalue weighted by molar-refractivity contribution is 0.626. The molecule has 0 fully saturated rings. The van der Waals surface area contributed by atoms with Crippen LogP contribution in [0.15, 0.2) is 41.9 Å². The summed E-state index contributed by atoms with van der Waals surface area (Å²) < 4.78 is 12.8. The van der Waals surface area contributed by atoms with Crippen LogP contribution in [0.2, 0.25) is 0 Å². The average Bonchev–Trinajstić information content (AvgIpc) is 2.44. The van der Waals surface area contributed by atoms with Gasteiger partial charge in [0.15, 0.2) is 5.96 Å². The number of guanidine groups is 1. The maximum Gasteiger partial charge on any atom is 0.191 e. The van der Waals surface area contributed by atoms with Crippen LogP contribution in [0.25, 0.3) is 0 Å². The Hall–Kier alpha value is -1.49. The first-order valence-corrected chi connectivity index (χ1v) is 7.29. The highest BCUT2D eigenvalue weighted by Gasteiger charge is 1.98. The van der Waals surface area contributed by atoms with Crippen LogP contribution in [-0.4, -0.2) is 31.1 Å². The molecule has 0 amide bonds. The Morgan fingerprint density at radius 3 is 2.74 bits per heavy atom. The van der Waals surface area contributed by atoms with Crippen LogP contribution in [0.3, 0.4) is 0 Å². The number of benzene rings is 1. The fraction of sp³-hybridized carbons (Fsp3) is 0.357. The van der Waals surface area contributed by atoms with Crippen molar-refractivity contribution in [2.24, 2.45) is 4.99 Å². The molecule has 1 aromatic rings. The quantitative estimate of drug-likeness (QED) is 0.349. The van der Waals surface area contributed by atoms with Crippen molar-refractivity contribution in [3.63, 3.8) is 0 Å². The first-order valence-electron chi connectivity index (χ1n) is 6.14. The van der Waals surface area contributed by atoms with Crippen molar-refractivity contribution >= 4 is 17.7 Å². The van der Waals surface area contributed by atoms with Crippen molar-refractivity contribution in [1.29, 1.82) is 0 Å². The summed E-state index contributed by atoms with van der Waals surface area (Å²) in [6, 6.07) is 6.43. The normalized spacial score (nSPS) is 11.2. The summed E-state index contributed by atoms with van der Waals surface area (Å²) in [6.07, 6.45) is 1.90. The molecule has 0 unspecified atom stereocenters.